The number of nitrogens with one attached hydrogen (secondary N) is 1. The lowest BCUT2D eigenvalue weighted by Gasteiger charge is -2.17. The van der Waals surface area contributed by atoms with Crippen molar-refractivity contribution in [2.45, 2.75) is 24.8 Å². The summed E-state index contributed by atoms with van der Waals surface area (Å²) in [5.74, 6) is 0.283. The van der Waals surface area contributed by atoms with Gasteiger partial charge in [-0.2, -0.15) is 0 Å². The summed E-state index contributed by atoms with van der Waals surface area (Å²) in [6.07, 6.45) is -0.969. The fourth-order valence-corrected chi connectivity index (χ4v) is 4.32. The van der Waals surface area contributed by atoms with Gasteiger partial charge in [0.2, 0.25) is 10.0 Å². The molecule has 1 atom stereocenters. The standard InChI is InChI=1S/C21H23NO4S/c1-14-11-20(26-3)21(12-15(14)2)27(24,25)22-13-19(23)18-10-6-8-16-7-4-5-9-17(16)18/h4-12,19,22-23H,13H2,1-3H3. The van der Waals surface area contributed by atoms with E-state index in [1.165, 1.54) is 7.11 Å². The molecule has 3 aromatic rings. The van der Waals surface area contributed by atoms with Gasteiger partial charge in [0.15, 0.2) is 0 Å². The normalized spacial score (nSPS) is 12.9. The molecule has 0 amide bonds. The maximum atomic E-state index is 12.8. The number of hydrogen-bond donors (Lipinski definition) is 2. The minimum atomic E-state index is -3.83. The van der Waals surface area contributed by atoms with Crippen LogP contribution in [0.2, 0.25) is 0 Å². The largest absolute Gasteiger partial charge is 0.495 e. The average molecular weight is 385 g/mol. The second kappa shape index (κ2) is 7.68. The van der Waals surface area contributed by atoms with Crippen LogP contribution in [0.15, 0.2) is 59.5 Å². The molecule has 0 bridgehead atoms. The van der Waals surface area contributed by atoms with Crippen LogP contribution in [0.1, 0.15) is 22.8 Å². The van der Waals surface area contributed by atoms with Crippen LogP contribution in [0.25, 0.3) is 10.8 Å². The van der Waals surface area contributed by atoms with Gasteiger partial charge < -0.3 is 9.84 Å². The van der Waals surface area contributed by atoms with E-state index in [9.17, 15) is 13.5 Å². The minimum Gasteiger partial charge on any atom is -0.495 e. The van der Waals surface area contributed by atoms with Crippen LogP contribution in [0, 0.1) is 13.8 Å². The van der Waals surface area contributed by atoms with Gasteiger partial charge in [-0.1, -0.05) is 42.5 Å². The summed E-state index contributed by atoms with van der Waals surface area (Å²) in [4.78, 5) is 0.0678. The highest BCUT2D eigenvalue weighted by molar-refractivity contribution is 7.89. The Morgan fingerprint density at radius 1 is 1.04 bits per heavy atom. The molecule has 0 saturated heterocycles. The number of sulfonamides is 1. The van der Waals surface area contributed by atoms with E-state index in [2.05, 4.69) is 4.72 Å². The summed E-state index contributed by atoms with van der Waals surface area (Å²) >= 11 is 0. The van der Waals surface area contributed by atoms with Gasteiger partial charge in [0, 0.05) is 6.54 Å². The predicted octanol–water partition coefficient (Wildman–Crippen LogP) is 3.48. The van der Waals surface area contributed by atoms with Crippen molar-refractivity contribution in [1.82, 2.24) is 4.72 Å². The smallest absolute Gasteiger partial charge is 0.244 e. The Balaban J connectivity index is 1.86. The molecule has 0 aliphatic heterocycles. The van der Waals surface area contributed by atoms with E-state index in [4.69, 9.17) is 4.74 Å². The highest BCUT2D eigenvalue weighted by atomic mass is 32.2. The van der Waals surface area contributed by atoms with Crippen molar-refractivity contribution >= 4 is 20.8 Å². The number of aryl methyl sites for hydroxylation is 2. The molecular weight excluding hydrogens is 362 g/mol. The van der Waals surface area contributed by atoms with E-state index in [0.717, 1.165) is 21.9 Å². The Hall–Kier alpha value is -2.41. The zero-order valence-corrected chi connectivity index (χ0v) is 16.4. The van der Waals surface area contributed by atoms with E-state index < -0.39 is 16.1 Å². The van der Waals surface area contributed by atoms with Crippen molar-refractivity contribution in [3.05, 3.63) is 71.3 Å². The Bertz CT molecular complexity index is 1070. The van der Waals surface area contributed by atoms with Gasteiger partial charge in [0.25, 0.3) is 0 Å². The van der Waals surface area contributed by atoms with Crippen molar-refractivity contribution < 1.29 is 18.3 Å². The minimum absolute atomic E-state index is 0.0678. The molecule has 0 aliphatic carbocycles. The molecule has 3 aromatic carbocycles. The number of hydrogen-bond acceptors (Lipinski definition) is 4. The topological polar surface area (TPSA) is 75.6 Å². The third-order valence-electron chi connectivity index (χ3n) is 4.72. The summed E-state index contributed by atoms with van der Waals surface area (Å²) in [5, 5.41) is 12.5. The zero-order valence-electron chi connectivity index (χ0n) is 15.6. The molecule has 27 heavy (non-hydrogen) atoms. The first kappa shape index (κ1) is 19.4. The molecule has 0 fully saturated rings. The monoisotopic (exact) mass is 385 g/mol. The molecule has 5 nitrogen and oxygen atoms in total. The Morgan fingerprint density at radius 3 is 2.44 bits per heavy atom. The molecule has 0 aromatic heterocycles. The van der Waals surface area contributed by atoms with Crippen molar-refractivity contribution in [2.24, 2.45) is 0 Å². The van der Waals surface area contributed by atoms with E-state index in [-0.39, 0.29) is 17.2 Å². The number of aliphatic hydroxyl groups excluding tert-OH is 1. The van der Waals surface area contributed by atoms with Gasteiger partial charge in [0.05, 0.1) is 13.2 Å². The van der Waals surface area contributed by atoms with E-state index in [1.54, 1.807) is 18.2 Å². The van der Waals surface area contributed by atoms with Crippen molar-refractivity contribution in [1.29, 1.82) is 0 Å². The molecule has 1 unspecified atom stereocenters. The number of benzene rings is 3. The quantitative estimate of drug-likeness (QED) is 0.681. The maximum Gasteiger partial charge on any atom is 0.244 e. The van der Waals surface area contributed by atoms with Crippen LogP contribution in [-0.4, -0.2) is 27.2 Å². The lowest BCUT2D eigenvalue weighted by Crippen LogP contribution is -2.29. The summed E-state index contributed by atoms with van der Waals surface area (Å²) in [7, 11) is -2.40. The molecule has 2 N–H and O–H groups in total. The number of methoxy groups -OCH3 is 1. The third-order valence-corrected chi connectivity index (χ3v) is 6.16. The summed E-state index contributed by atoms with van der Waals surface area (Å²) in [5.41, 5.74) is 2.48. The second-order valence-corrected chi connectivity index (χ2v) is 8.26. The molecular formula is C21H23NO4S. The fourth-order valence-electron chi connectivity index (χ4n) is 3.05. The van der Waals surface area contributed by atoms with E-state index in [1.807, 2.05) is 50.2 Å². The maximum absolute atomic E-state index is 12.8. The number of rotatable bonds is 6. The molecule has 0 aliphatic rings. The SMILES string of the molecule is COc1cc(C)c(C)cc1S(=O)(=O)NCC(O)c1cccc2ccccc12. The fraction of sp³-hybridized carbons (Fsp3) is 0.238. The Morgan fingerprint density at radius 2 is 1.70 bits per heavy atom. The predicted molar refractivity (Wildman–Crippen MR) is 107 cm³/mol. The van der Waals surface area contributed by atoms with Crippen LogP contribution in [-0.2, 0) is 10.0 Å². The summed E-state index contributed by atoms with van der Waals surface area (Å²) in [6, 6.07) is 16.6. The zero-order chi connectivity index (χ0) is 19.6. The molecule has 0 heterocycles. The van der Waals surface area contributed by atoms with Gasteiger partial charge in [-0.15, -0.1) is 0 Å². The lowest BCUT2D eigenvalue weighted by molar-refractivity contribution is 0.183. The van der Waals surface area contributed by atoms with Crippen molar-refractivity contribution in [2.75, 3.05) is 13.7 Å². The average Bonchev–Trinajstić information content (AvgIpc) is 2.67. The third kappa shape index (κ3) is 3.98. The van der Waals surface area contributed by atoms with Gasteiger partial charge in [-0.05, 0) is 53.4 Å². The molecule has 0 radical (unpaired) electrons. The van der Waals surface area contributed by atoms with Gasteiger partial charge >= 0.3 is 0 Å². The molecule has 0 saturated carbocycles. The summed E-state index contributed by atoms with van der Waals surface area (Å²) in [6.45, 7) is 3.61. The van der Waals surface area contributed by atoms with E-state index >= 15 is 0 Å². The first-order valence-electron chi connectivity index (χ1n) is 8.64. The molecule has 0 spiro atoms. The summed E-state index contributed by atoms with van der Waals surface area (Å²) < 4.78 is 33.3. The van der Waals surface area contributed by atoms with Crippen LogP contribution in [0.3, 0.4) is 0 Å². The second-order valence-electron chi connectivity index (χ2n) is 6.52. The number of ether oxygens (including phenoxy) is 1. The number of fused-ring (bicyclic) bond motifs is 1. The highest BCUT2D eigenvalue weighted by Gasteiger charge is 2.22. The van der Waals surface area contributed by atoms with Crippen molar-refractivity contribution in [3.63, 3.8) is 0 Å². The van der Waals surface area contributed by atoms with E-state index in [0.29, 0.717) is 5.56 Å². The van der Waals surface area contributed by atoms with Crippen LogP contribution in [0.4, 0.5) is 0 Å². The van der Waals surface area contributed by atoms with Crippen LogP contribution >= 0.6 is 0 Å². The first-order valence-corrected chi connectivity index (χ1v) is 10.1. The Kier molecular flexibility index (Phi) is 5.51. The molecule has 3 rings (SSSR count). The highest BCUT2D eigenvalue weighted by Crippen LogP contribution is 2.28. The lowest BCUT2D eigenvalue weighted by atomic mass is 10.0. The van der Waals surface area contributed by atoms with Crippen molar-refractivity contribution in [3.8, 4) is 5.75 Å². The first-order chi connectivity index (χ1) is 12.8. The van der Waals surface area contributed by atoms with Crippen LogP contribution < -0.4 is 9.46 Å². The van der Waals surface area contributed by atoms with Gasteiger partial charge in [0.1, 0.15) is 10.6 Å². The number of aliphatic hydroxyl groups is 1. The van der Waals surface area contributed by atoms with Gasteiger partial charge in [-0.3, -0.25) is 0 Å². The molecule has 142 valence electrons. The Labute approximate surface area is 159 Å². The van der Waals surface area contributed by atoms with Gasteiger partial charge in [-0.25, -0.2) is 13.1 Å². The molecule has 6 heteroatoms. The van der Waals surface area contributed by atoms with Crippen LogP contribution in [0.5, 0.6) is 5.75 Å².